The first-order valence-corrected chi connectivity index (χ1v) is 7.61. The number of likely N-dealkylation sites (N-methyl/N-ethyl adjacent to an activating group) is 1. The maximum atomic E-state index is 10.8. The Morgan fingerprint density at radius 3 is 2.96 bits per heavy atom. The van der Waals surface area contributed by atoms with Gasteiger partial charge in [0.1, 0.15) is 11.6 Å². The summed E-state index contributed by atoms with van der Waals surface area (Å²) in [6, 6.07) is 3.63. The van der Waals surface area contributed by atoms with Crippen LogP contribution in [-0.2, 0) is 0 Å². The van der Waals surface area contributed by atoms with Gasteiger partial charge in [-0.3, -0.25) is 4.98 Å². The summed E-state index contributed by atoms with van der Waals surface area (Å²) in [7, 11) is 3.11. The van der Waals surface area contributed by atoms with Crippen LogP contribution in [-0.4, -0.2) is 62.9 Å². The van der Waals surface area contributed by atoms with Crippen LogP contribution in [0, 0.1) is 0 Å². The number of hydrogen-bond acceptors (Lipinski definition) is 6. The zero-order valence-electron chi connectivity index (χ0n) is 13.9. The Bertz CT molecular complexity index is 894. The third-order valence-corrected chi connectivity index (χ3v) is 3.74. The molecule has 3 rings (SSSR count). The number of hydrogen-bond donors (Lipinski definition) is 2. The third-order valence-electron chi connectivity index (χ3n) is 3.74. The number of anilines is 1. The summed E-state index contributed by atoms with van der Waals surface area (Å²) >= 11 is 0. The molecule has 0 radical (unpaired) electrons. The van der Waals surface area contributed by atoms with E-state index in [1.165, 1.54) is 11.9 Å². The molecular weight excluding hydrogens is 324 g/mol. The lowest BCUT2D eigenvalue weighted by Crippen LogP contribution is -2.29. The van der Waals surface area contributed by atoms with Crippen molar-refractivity contribution < 1.29 is 14.6 Å². The molecule has 1 amide bonds. The second kappa shape index (κ2) is 7.04. The summed E-state index contributed by atoms with van der Waals surface area (Å²) in [6.45, 7) is 0.806. The molecule has 0 saturated heterocycles. The Morgan fingerprint density at radius 2 is 2.20 bits per heavy atom. The molecule has 9 nitrogen and oxygen atoms in total. The maximum absolute atomic E-state index is 10.8. The SMILES string of the molecule is COc1cnccc1-c1cnn2ccc(NCCN(C)C(=O)O)nc12. The first kappa shape index (κ1) is 16.5. The summed E-state index contributed by atoms with van der Waals surface area (Å²) in [5, 5.41) is 16.3. The molecule has 3 aromatic rings. The van der Waals surface area contributed by atoms with Gasteiger partial charge >= 0.3 is 6.09 Å². The average molecular weight is 342 g/mol. The van der Waals surface area contributed by atoms with Crippen molar-refractivity contribution in [1.82, 2.24) is 24.5 Å². The van der Waals surface area contributed by atoms with E-state index >= 15 is 0 Å². The van der Waals surface area contributed by atoms with Crippen molar-refractivity contribution >= 4 is 17.6 Å². The zero-order valence-corrected chi connectivity index (χ0v) is 13.9. The van der Waals surface area contributed by atoms with Crippen molar-refractivity contribution in [3.8, 4) is 16.9 Å². The lowest BCUT2D eigenvalue weighted by atomic mass is 10.1. The lowest BCUT2D eigenvalue weighted by molar-refractivity contribution is 0.157. The van der Waals surface area contributed by atoms with E-state index in [1.54, 1.807) is 42.5 Å². The largest absolute Gasteiger partial charge is 0.494 e. The van der Waals surface area contributed by atoms with Crippen molar-refractivity contribution in [2.45, 2.75) is 0 Å². The number of carbonyl (C=O) groups is 1. The molecule has 3 aromatic heterocycles. The number of rotatable bonds is 6. The van der Waals surface area contributed by atoms with Crippen LogP contribution >= 0.6 is 0 Å². The van der Waals surface area contributed by atoms with Gasteiger partial charge in [0.05, 0.1) is 25.1 Å². The minimum atomic E-state index is -0.965. The highest BCUT2D eigenvalue weighted by Gasteiger charge is 2.13. The topological polar surface area (TPSA) is 105 Å². The van der Waals surface area contributed by atoms with E-state index in [2.05, 4.69) is 20.4 Å². The predicted octanol–water partition coefficient (Wildman–Crippen LogP) is 1.82. The molecule has 0 saturated carbocycles. The Morgan fingerprint density at radius 1 is 1.36 bits per heavy atom. The molecule has 0 fully saturated rings. The molecule has 0 aliphatic rings. The molecule has 0 bridgehead atoms. The minimum Gasteiger partial charge on any atom is -0.494 e. The summed E-state index contributed by atoms with van der Waals surface area (Å²) in [4.78, 5) is 20.6. The predicted molar refractivity (Wildman–Crippen MR) is 91.9 cm³/mol. The molecule has 25 heavy (non-hydrogen) atoms. The van der Waals surface area contributed by atoms with Crippen LogP contribution in [0.2, 0.25) is 0 Å². The van der Waals surface area contributed by atoms with Crippen LogP contribution in [0.4, 0.5) is 10.6 Å². The lowest BCUT2D eigenvalue weighted by Gasteiger charge is -2.13. The van der Waals surface area contributed by atoms with E-state index in [1.807, 2.05) is 6.07 Å². The van der Waals surface area contributed by atoms with E-state index < -0.39 is 6.09 Å². The summed E-state index contributed by atoms with van der Waals surface area (Å²) < 4.78 is 7.03. The quantitative estimate of drug-likeness (QED) is 0.704. The Kier molecular flexibility index (Phi) is 4.64. The molecule has 0 aromatic carbocycles. The van der Waals surface area contributed by atoms with E-state index in [9.17, 15) is 4.79 Å². The number of ether oxygens (including phenoxy) is 1. The number of amides is 1. The summed E-state index contributed by atoms with van der Waals surface area (Å²) in [5.74, 6) is 1.28. The minimum absolute atomic E-state index is 0.354. The molecule has 3 heterocycles. The van der Waals surface area contributed by atoms with Gasteiger partial charge in [-0.1, -0.05) is 0 Å². The molecule has 2 N–H and O–H groups in total. The highest BCUT2D eigenvalue weighted by atomic mass is 16.5. The number of pyridine rings is 1. The van der Waals surface area contributed by atoms with Crippen molar-refractivity contribution in [3.05, 3.63) is 36.9 Å². The van der Waals surface area contributed by atoms with Crippen molar-refractivity contribution in [2.24, 2.45) is 0 Å². The van der Waals surface area contributed by atoms with Gasteiger partial charge in [0.15, 0.2) is 5.65 Å². The fraction of sp³-hybridized carbons (Fsp3) is 0.250. The number of nitrogens with zero attached hydrogens (tertiary/aromatic N) is 5. The fourth-order valence-corrected chi connectivity index (χ4v) is 2.37. The second-order valence-corrected chi connectivity index (χ2v) is 5.35. The molecule has 0 aliphatic carbocycles. The highest BCUT2D eigenvalue weighted by Crippen LogP contribution is 2.31. The number of methoxy groups -OCH3 is 1. The Hall–Kier alpha value is -3.36. The van der Waals surface area contributed by atoms with Crippen LogP contribution in [0.3, 0.4) is 0 Å². The highest BCUT2D eigenvalue weighted by molar-refractivity contribution is 5.81. The van der Waals surface area contributed by atoms with E-state index in [0.717, 1.165) is 11.1 Å². The van der Waals surface area contributed by atoms with E-state index in [-0.39, 0.29) is 0 Å². The molecule has 0 atom stereocenters. The molecule has 0 aliphatic heterocycles. The van der Waals surface area contributed by atoms with Crippen molar-refractivity contribution in [2.75, 3.05) is 32.6 Å². The van der Waals surface area contributed by atoms with Crippen LogP contribution < -0.4 is 10.1 Å². The second-order valence-electron chi connectivity index (χ2n) is 5.35. The van der Waals surface area contributed by atoms with Crippen LogP contribution in [0.5, 0.6) is 5.75 Å². The third kappa shape index (κ3) is 3.44. The fourth-order valence-electron chi connectivity index (χ4n) is 2.37. The van der Waals surface area contributed by atoms with Crippen molar-refractivity contribution in [1.29, 1.82) is 0 Å². The van der Waals surface area contributed by atoms with Gasteiger partial charge in [0.25, 0.3) is 0 Å². The molecule has 9 heteroatoms. The first-order chi connectivity index (χ1) is 12.1. The summed E-state index contributed by atoms with van der Waals surface area (Å²) in [5.41, 5.74) is 2.34. The standard InChI is InChI=1S/C16H18N6O3/c1-21(16(23)24)8-6-18-14-4-7-22-15(20-14)12(9-19-22)11-3-5-17-10-13(11)25-2/h3-5,7,9-10H,6,8H2,1-2H3,(H,18,20)(H,23,24). The van der Waals surface area contributed by atoms with Crippen molar-refractivity contribution in [3.63, 3.8) is 0 Å². The average Bonchev–Trinajstić information content (AvgIpc) is 3.04. The van der Waals surface area contributed by atoms with E-state index in [4.69, 9.17) is 9.84 Å². The number of carboxylic acid groups (broad SMARTS) is 1. The Labute approximate surface area is 143 Å². The van der Waals surface area contributed by atoms with Gasteiger partial charge < -0.3 is 20.1 Å². The molecule has 0 spiro atoms. The monoisotopic (exact) mass is 342 g/mol. The van der Waals surface area contributed by atoms with Gasteiger partial charge in [-0.25, -0.2) is 14.3 Å². The maximum Gasteiger partial charge on any atom is 0.407 e. The van der Waals surface area contributed by atoms with Gasteiger partial charge in [0, 0.05) is 38.1 Å². The van der Waals surface area contributed by atoms with Crippen LogP contribution in [0.15, 0.2) is 36.9 Å². The Balaban J connectivity index is 1.86. The number of aromatic nitrogens is 4. The van der Waals surface area contributed by atoms with E-state index in [0.29, 0.717) is 30.3 Å². The molecular formula is C16H18N6O3. The smallest absolute Gasteiger partial charge is 0.407 e. The summed E-state index contributed by atoms with van der Waals surface area (Å²) in [6.07, 6.45) is 5.88. The number of nitrogens with one attached hydrogen (secondary N) is 1. The van der Waals surface area contributed by atoms with Crippen LogP contribution in [0.25, 0.3) is 16.8 Å². The number of fused-ring (bicyclic) bond motifs is 1. The first-order valence-electron chi connectivity index (χ1n) is 7.61. The van der Waals surface area contributed by atoms with Gasteiger partial charge in [0.2, 0.25) is 0 Å². The van der Waals surface area contributed by atoms with Crippen LogP contribution in [0.1, 0.15) is 0 Å². The van der Waals surface area contributed by atoms with Gasteiger partial charge in [-0.15, -0.1) is 0 Å². The van der Waals surface area contributed by atoms with Gasteiger partial charge in [-0.2, -0.15) is 5.10 Å². The normalized spacial score (nSPS) is 10.6. The zero-order chi connectivity index (χ0) is 17.8. The molecule has 130 valence electrons. The van der Waals surface area contributed by atoms with Gasteiger partial charge in [-0.05, 0) is 12.1 Å². The molecule has 0 unspecified atom stereocenters.